The number of aromatic nitrogens is 2. The predicted octanol–water partition coefficient (Wildman–Crippen LogP) is 4.41. The molecule has 0 aliphatic carbocycles. The molecule has 0 atom stereocenters. The molecule has 40 heavy (non-hydrogen) atoms. The molecule has 3 aromatic rings. The summed E-state index contributed by atoms with van der Waals surface area (Å²) in [6, 6.07) is 12.9. The smallest absolute Gasteiger partial charge is 0.370 e. The number of halogens is 3. The molecular formula is C27H24F3N7O3. The summed E-state index contributed by atoms with van der Waals surface area (Å²) in [6.07, 6.45) is -2.87. The molecule has 0 spiro atoms. The lowest BCUT2D eigenvalue weighted by Gasteiger charge is -2.37. The van der Waals surface area contributed by atoms with Gasteiger partial charge < -0.3 is 11.1 Å². The van der Waals surface area contributed by atoms with E-state index in [-0.39, 0.29) is 31.6 Å². The van der Waals surface area contributed by atoms with Crippen LogP contribution in [0.1, 0.15) is 36.6 Å². The standard InChI is InChI=1S/C27H24F3N7O3/c1-17-22(23-11-13-34-37(23)20-9-7-18(15-31)8-10-20)16-35(25(39)33-12-3-6-24(32)38)26(40)36(17)21-5-2-4-19(14-21)27(28,29)30/h2,4-5,7-11,13-14H,3,6,12,16H2,1H3,(H2,32,38)(H,33,39). The van der Waals surface area contributed by atoms with Gasteiger partial charge in [-0.3, -0.25) is 9.69 Å². The van der Waals surface area contributed by atoms with Crippen molar-refractivity contribution < 1.29 is 27.6 Å². The highest BCUT2D eigenvalue weighted by molar-refractivity contribution is 6.08. The lowest BCUT2D eigenvalue weighted by molar-refractivity contribution is -0.137. The third-order valence-electron chi connectivity index (χ3n) is 6.26. The van der Waals surface area contributed by atoms with Gasteiger partial charge in [-0.2, -0.15) is 23.5 Å². The van der Waals surface area contributed by atoms with Crippen molar-refractivity contribution in [3.05, 3.63) is 83.3 Å². The van der Waals surface area contributed by atoms with Gasteiger partial charge in [-0.05, 0) is 61.9 Å². The Kier molecular flexibility index (Phi) is 7.90. The number of urea groups is 2. The van der Waals surface area contributed by atoms with Crippen LogP contribution in [0, 0.1) is 11.3 Å². The maximum Gasteiger partial charge on any atom is 0.416 e. The zero-order chi connectivity index (χ0) is 29.0. The highest BCUT2D eigenvalue weighted by atomic mass is 19.4. The van der Waals surface area contributed by atoms with Crippen molar-refractivity contribution in [2.45, 2.75) is 25.9 Å². The molecule has 2 heterocycles. The Balaban J connectivity index is 1.78. The van der Waals surface area contributed by atoms with Gasteiger partial charge in [-0.1, -0.05) is 6.07 Å². The van der Waals surface area contributed by atoms with E-state index in [1.165, 1.54) is 18.3 Å². The fourth-order valence-electron chi connectivity index (χ4n) is 4.26. The molecule has 0 fully saturated rings. The number of amides is 5. The van der Waals surface area contributed by atoms with Gasteiger partial charge in [0.2, 0.25) is 5.91 Å². The number of nitrogens with two attached hydrogens (primary N) is 1. The van der Waals surface area contributed by atoms with Crippen LogP contribution >= 0.6 is 0 Å². The van der Waals surface area contributed by atoms with E-state index in [0.717, 1.165) is 21.9 Å². The summed E-state index contributed by atoms with van der Waals surface area (Å²) in [5, 5.41) is 16.0. The second-order valence-electron chi connectivity index (χ2n) is 8.90. The van der Waals surface area contributed by atoms with E-state index >= 15 is 0 Å². The Morgan fingerprint density at radius 3 is 2.50 bits per heavy atom. The molecule has 5 amide bonds. The minimum absolute atomic E-state index is 0.0264. The number of nitrogens with one attached hydrogen (secondary N) is 1. The Morgan fingerprint density at radius 1 is 1.12 bits per heavy atom. The lowest BCUT2D eigenvalue weighted by Crippen LogP contribution is -2.53. The lowest BCUT2D eigenvalue weighted by atomic mass is 10.0. The normalized spacial score (nSPS) is 13.8. The summed E-state index contributed by atoms with van der Waals surface area (Å²) in [5.74, 6) is -0.545. The summed E-state index contributed by atoms with van der Waals surface area (Å²) < 4.78 is 42.1. The second kappa shape index (κ2) is 11.3. The molecule has 0 unspecified atom stereocenters. The molecule has 0 radical (unpaired) electrons. The van der Waals surface area contributed by atoms with E-state index in [4.69, 9.17) is 11.0 Å². The highest BCUT2D eigenvalue weighted by Gasteiger charge is 2.38. The number of allylic oxidation sites excluding steroid dienone is 1. The van der Waals surface area contributed by atoms with E-state index in [2.05, 4.69) is 10.4 Å². The molecule has 13 heteroatoms. The van der Waals surface area contributed by atoms with E-state index in [1.807, 2.05) is 6.07 Å². The Morgan fingerprint density at radius 2 is 1.85 bits per heavy atom. The van der Waals surface area contributed by atoms with Gasteiger partial charge in [0, 0.05) is 24.2 Å². The molecule has 0 bridgehead atoms. The average Bonchev–Trinajstić information content (AvgIpc) is 3.40. The Bertz CT molecular complexity index is 1520. The van der Waals surface area contributed by atoms with Crippen molar-refractivity contribution in [1.29, 1.82) is 5.26 Å². The van der Waals surface area contributed by atoms with Crippen molar-refractivity contribution in [1.82, 2.24) is 20.0 Å². The maximum atomic E-state index is 13.6. The number of alkyl halides is 3. The Hall–Kier alpha value is -5.12. The van der Waals surface area contributed by atoms with Crippen molar-refractivity contribution in [3.63, 3.8) is 0 Å². The van der Waals surface area contributed by atoms with Gasteiger partial charge >= 0.3 is 18.2 Å². The first-order valence-corrected chi connectivity index (χ1v) is 12.1. The van der Waals surface area contributed by atoms with E-state index in [1.54, 1.807) is 41.9 Å². The molecule has 1 aliphatic rings. The number of hydrogen-bond donors (Lipinski definition) is 2. The number of carbonyl (C=O) groups excluding carboxylic acids is 3. The first kappa shape index (κ1) is 27.9. The zero-order valence-corrected chi connectivity index (χ0v) is 21.3. The van der Waals surface area contributed by atoms with Crippen LogP contribution in [0.15, 0.2) is 66.5 Å². The van der Waals surface area contributed by atoms with Gasteiger partial charge in [-0.15, -0.1) is 0 Å². The molecule has 0 saturated heterocycles. The molecule has 1 aromatic heterocycles. The maximum absolute atomic E-state index is 13.6. The summed E-state index contributed by atoms with van der Waals surface area (Å²) in [4.78, 5) is 39.6. The number of anilines is 1. The molecule has 0 saturated carbocycles. The Labute approximate surface area is 227 Å². The predicted molar refractivity (Wildman–Crippen MR) is 139 cm³/mol. The number of benzene rings is 2. The summed E-state index contributed by atoms with van der Waals surface area (Å²) in [7, 11) is 0. The van der Waals surface area contributed by atoms with Gasteiger partial charge in [0.15, 0.2) is 0 Å². The number of hydrogen-bond acceptors (Lipinski definition) is 5. The summed E-state index contributed by atoms with van der Waals surface area (Å²) >= 11 is 0. The van der Waals surface area contributed by atoms with Gasteiger partial charge in [0.05, 0.1) is 47.0 Å². The van der Waals surface area contributed by atoms with Crippen molar-refractivity contribution in [2.75, 3.05) is 18.0 Å². The minimum Gasteiger partial charge on any atom is -0.370 e. The molecule has 10 nitrogen and oxygen atoms in total. The SMILES string of the molecule is CC1=C(c2ccnn2-c2ccc(C#N)cc2)CN(C(=O)NCCCC(N)=O)C(=O)N1c1cccc(C(F)(F)F)c1. The number of rotatable bonds is 7. The van der Waals surface area contributed by atoms with E-state index < -0.39 is 29.7 Å². The molecule has 3 N–H and O–H groups in total. The first-order valence-electron chi connectivity index (χ1n) is 12.1. The number of nitriles is 1. The minimum atomic E-state index is -4.65. The van der Waals surface area contributed by atoms with Crippen LogP contribution in [0.2, 0.25) is 0 Å². The third kappa shape index (κ3) is 5.80. The van der Waals surface area contributed by atoms with Crippen molar-refractivity contribution in [3.8, 4) is 11.8 Å². The summed E-state index contributed by atoms with van der Waals surface area (Å²) in [6.45, 7) is 1.42. The van der Waals surface area contributed by atoms with E-state index in [9.17, 15) is 27.6 Å². The van der Waals surface area contributed by atoms with Crippen LogP contribution in [0.25, 0.3) is 11.3 Å². The second-order valence-corrected chi connectivity index (χ2v) is 8.90. The summed E-state index contributed by atoms with van der Waals surface area (Å²) in [5.41, 5.74) is 6.36. The molecular weight excluding hydrogens is 527 g/mol. The van der Waals surface area contributed by atoms with Crippen LogP contribution in [0.5, 0.6) is 0 Å². The van der Waals surface area contributed by atoms with Crippen LogP contribution in [-0.4, -0.2) is 45.7 Å². The molecule has 2 aromatic carbocycles. The number of primary amides is 1. The van der Waals surface area contributed by atoms with Gasteiger partial charge in [0.25, 0.3) is 0 Å². The van der Waals surface area contributed by atoms with Crippen LogP contribution in [0.3, 0.4) is 0 Å². The number of imide groups is 1. The van der Waals surface area contributed by atoms with Crippen molar-refractivity contribution in [2.24, 2.45) is 5.73 Å². The highest BCUT2D eigenvalue weighted by Crippen LogP contribution is 2.36. The average molecular weight is 552 g/mol. The molecule has 1 aliphatic heterocycles. The van der Waals surface area contributed by atoms with Crippen LogP contribution < -0.4 is 16.0 Å². The topological polar surface area (TPSA) is 137 Å². The van der Waals surface area contributed by atoms with Crippen LogP contribution in [-0.2, 0) is 11.0 Å². The first-order chi connectivity index (χ1) is 19.0. The quantitative estimate of drug-likeness (QED) is 0.419. The van der Waals surface area contributed by atoms with Gasteiger partial charge in [0.1, 0.15) is 0 Å². The van der Waals surface area contributed by atoms with Crippen LogP contribution in [0.4, 0.5) is 28.4 Å². The zero-order valence-electron chi connectivity index (χ0n) is 21.3. The van der Waals surface area contributed by atoms with Gasteiger partial charge in [-0.25, -0.2) is 19.2 Å². The van der Waals surface area contributed by atoms with E-state index in [0.29, 0.717) is 28.2 Å². The fraction of sp³-hybridized carbons (Fsp3) is 0.222. The van der Waals surface area contributed by atoms with Crippen molar-refractivity contribution >= 4 is 29.2 Å². The monoisotopic (exact) mass is 551 g/mol. The fourth-order valence-corrected chi connectivity index (χ4v) is 4.26. The molecule has 4 rings (SSSR count). The molecule has 206 valence electrons. The third-order valence-corrected chi connectivity index (χ3v) is 6.26. The number of carbonyl (C=O) groups is 3. The largest absolute Gasteiger partial charge is 0.416 e. The number of nitrogens with zero attached hydrogens (tertiary/aromatic N) is 5.